The van der Waals surface area contributed by atoms with Gasteiger partial charge in [-0.2, -0.15) is 4.99 Å². The predicted molar refractivity (Wildman–Crippen MR) is 97.5 cm³/mol. The Hall–Kier alpha value is -3.80. The predicted octanol–water partition coefficient (Wildman–Crippen LogP) is -0.804. The van der Waals surface area contributed by atoms with Crippen LogP contribution in [0.15, 0.2) is 34.3 Å². The van der Waals surface area contributed by atoms with Gasteiger partial charge in [0, 0.05) is 6.07 Å². The van der Waals surface area contributed by atoms with E-state index in [4.69, 9.17) is 34.5 Å². The number of phenolic OH excluding ortho intramolecular Hbond substituents is 1. The van der Waals surface area contributed by atoms with Gasteiger partial charge >= 0.3 is 0 Å². The first-order chi connectivity index (χ1) is 12.3. The number of nitrogens with zero attached hydrogens (tertiary/aromatic N) is 4. The van der Waals surface area contributed by atoms with Gasteiger partial charge in [-0.3, -0.25) is 15.6 Å². The summed E-state index contributed by atoms with van der Waals surface area (Å²) in [7, 11) is 0. The molecule has 0 unspecified atom stereocenters. The van der Waals surface area contributed by atoms with Crippen molar-refractivity contribution in [2.24, 2.45) is 21.5 Å². The summed E-state index contributed by atoms with van der Waals surface area (Å²) in [6.45, 7) is 0. The van der Waals surface area contributed by atoms with Crippen LogP contribution in [0.5, 0.6) is 5.75 Å². The number of carbonyl (C=O) groups excluding carboxylic acids is 1. The van der Waals surface area contributed by atoms with Crippen LogP contribution >= 0.6 is 11.6 Å². The number of nitrogens with two attached hydrogens (primary N) is 4. The number of rotatable bonds is 2. The van der Waals surface area contributed by atoms with Crippen molar-refractivity contribution in [1.29, 1.82) is 0 Å². The van der Waals surface area contributed by atoms with Crippen LogP contribution in [-0.2, 0) is 0 Å². The van der Waals surface area contributed by atoms with Crippen molar-refractivity contribution in [3.05, 3.63) is 35.1 Å². The normalized spacial score (nSPS) is 11.9. The number of anilines is 2. The summed E-state index contributed by atoms with van der Waals surface area (Å²) in [5, 5.41) is 9.18. The van der Waals surface area contributed by atoms with Crippen LogP contribution in [0.4, 0.5) is 17.3 Å². The van der Waals surface area contributed by atoms with Crippen LogP contribution in [0.1, 0.15) is 10.5 Å². The largest absolute Gasteiger partial charge is 0.508 e. The Morgan fingerprint density at radius 2 is 1.88 bits per heavy atom. The summed E-state index contributed by atoms with van der Waals surface area (Å²) in [5.41, 5.74) is 26.7. The number of amides is 1. The molecule has 0 aliphatic carbocycles. The summed E-state index contributed by atoms with van der Waals surface area (Å²) in [6.07, 6.45) is 0. The minimum Gasteiger partial charge on any atom is -0.508 e. The standard InChI is InChI=1S/C13H15ClN10O2/c14-8-10(16)21-9(15)7(20-8)11(26)23-24-13(18)22-12(17)19-5-2-1-3-6(25)4-5/h1-4,25H,(H,23,26)(H4,15,16,21)(H5,17,18,19,22,24). The molecule has 0 aliphatic rings. The van der Waals surface area contributed by atoms with Gasteiger partial charge in [-0.15, -0.1) is 0 Å². The van der Waals surface area contributed by atoms with Crippen LogP contribution in [-0.4, -0.2) is 32.9 Å². The Kier molecular flexibility index (Phi) is 5.60. The Labute approximate surface area is 152 Å². The number of guanidine groups is 2. The molecule has 0 aliphatic heterocycles. The van der Waals surface area contributed by atoms with E-state index in [-0.39, 0.29) is 40.2 Å². The second kappa shape index (κ2) is 7.85. The van der Waals surface area contributed by atoms with Gasteiger partial charge in [-0.25, -0.2) is 15.0 Å². The summed E-state index contributed by atoms with van der Waals surface area (Å²) < 4.78 is 0. The molecule has 2 rings (SSSR count). The number of hydrogen-bond acceptors (Lipinski definition) is 7. The molecule has 11 N–H and O–H groups in total. The van der Waals surface area contributed by atoms with E-state index in [2.05, 4.69) is 30.8 Å². The van der Waals surface area contributed by atoms with Gasteiger partial charge < -0.3 is 28.0 Å². The van der Waals surface area contributed by atoms with Crippen molar-refractivity contribution < 1.29 is 9.90 Å². The number of aliphatic imine (C=N–C) groups is 2. The highest BCUT2D eigenvalue weighted by Crippen LogP contribution is 2.18. The number of nitrogens with one attached hydrogen (secondary N) is 2. The zero-order chi connectivity index (χ0) is 19.3. The number of carbonyl (C=O) groups is 1. The molecule has 1 aromatic heterocycles. The average Bonchev–Trinajstić information content (AvgIpc) is 2.56. The summed E-state index contributed by atoms with van der Waals surface area (Å²) in [6, 6.07) is 6.03. The number of nitrogen functional groups attached to an aromatic ring is 2. The Morgan fingerprint density at radius 1 is 1.15 bits per heavy atom. The second-order valence-electron chi connectivity index (χ2n) is 4.70. The summed E-state index contributed by atoms with van der Waals surface area (Å²) >= 11 is 5.70. The molecule has 1 heterocycles. The Balaban J connectivity index is 2.03. The van der Waals surface area contributed by atoms with Gasteiger partial charge in [0.15, 0.2) is 22.5 Å². The van der Waals surface area contributed by atoms with Gasteiger partial charge in [0.25, 0.3) is 5.91 Å². The van der Waals surface area contributed by atoms with Crippen LogP contribution in [0.25, 0.3) is 0 Å². The summed E-state index contributed by atoms with van der Waals surface area (Å²) in [5.74, 6) is -1.57. The lowest BCUT2D eigenvalue weighted by Gasteiger charge is -2.09. The molecule has 0 radical (unpaired) electrons. The SMILES string of the molecule is NC(=Nc1cccc(O)c1)/N=C(\N)NNC(=O)c1nc(Cl)c(N)nc1N. The van der Waals surface area contributed by atoms with E-state index in [0.717, 1.165) is 0 Å². The fourth-order valence-corrected chi connectivity index (χ4v) is 1.79. The first-order valence-electron chi connectivity index (χ1n) is 6.88. The lowest BCUT2D eigenvalue weighted by molar-refractivity contribution is 0.0939. The van der Waals surface area contributed by atoms with E-state index in [1.807, 2.05) is 0 Å². The highest BCUT2D eigenvalue weighted by molar-refractivity contribution is 6.31. The molecular weight excluding hydrogens is 364 g/mol. The first-order valence-corrected chi connectivity index (χ1v) is 7.26. The smallest absolute Gasteiger partial charge is 0.292 e. The minimum atomic E-state index is -0.779. The van der Waals surface area contributed by atoms with Gasteiger partial charge in [0.1, 0.15) is 5.75 Å². The van der Waals surface area contributed by atoms with Crippen molar-refractivity contribution in [3.63, 3.8) is 0 Å². The number of hydrogen-bond donors (Lipinski definition) is 7. The molecule has 12 nitrogen and oxygen atoms in total. The van der Waals surface area contributed by atoms with E-state index < -0.39 is 5.91 Å². The Bertz CT molecular complexity index is 898. The number of aromatic nitrogens is 2. The van der Waals surface area contributed by atoms with Crippen molar-refractivity contribution in [1.82, 2.24) is 20.8 Å². The van der Waals surface area contributed by atoms with E-state index in [0.29, 0.717) is 5.69 Å². The molecule has 136 valence electrons. The van der Waals surface area contributed by atoms with Crippen LogP contribution < -0.4 is 33.8 Å². The quantitative estimate of drug-likeness (QED) is 0.197. The monoisotopic (exact) mass is 378 g/mol. The van der Waals surface area contributed by atoms with Crippen molar-refractivity contribution >= 4 is 46.8 Å². The van der Waals surface area contributed by atoms with Gasteiger partial charge in [0.05, 0.1) is 5.69 Å². The minimum absolute atomic E-state index is 0.0160. The molecule has 1 aromatic carbocycles. The Morgan fingerprint density at radius 3 is 2.58 bits per heavy atom. The van der Waals surface area contributed by atoms with Gasteiger partial charge in [-0.1, -0.05) is 17.7 Å². The van der Waals surface area contributed by atoms with E-state index in [1.165, 1.54) is 12.1 Å². The van der Waals surface area contributed by atoms with Crippen molar-refractivity contribution in [2.75, 3.05) is 11.5 Å². The molecule has 13 heteroatoms. The molecule has 26 heavy (non-hydrogen) atoms. The van der Waals surface area contributed by atoms with Crippen LogP contribution in [0.2, 0.25) is 5.15 Å². The molecule has 2 aromatic rings. The zero-order valence-corrected chi connectivity index (χ0v) is 13.9. The maximum Gasteiger partial charge on any atom is 0.292 e. The number of aromatic hydroxyl groups is 1. The van der Waals surface area contributed by atoms with Crippen LogP contribution in [0, 0.1) is 0 Å². The van der Waals surface area contributed by atoms with E-state index in [1.54, 1.807) is 12.1 Å². The molecule has 0 saturated carbocycles. The number of phenols is 1. The van der Waals surface area contributed by atoms with E-state index in [9.17, 15) is 9.90 Å². The fourth-order valence-electron chi connectivity index (χ4n) is 1.66. The third-order valence-electron chi connectivity index (χ3n) is 2.73. The number of halogens is 1. The third-order valence-corrected chi connectivity index (χ3v) is 3.01. The lowest BCUT2D eigenvalue weighted by Crippen LogP contribution is -2.46. The molecule has 0 bridgehead atoms. The van der Waals surface area contributed by atoms with E-state index >= 15 is 0 Å². The zero-order valence-electron chi connectivity index (χ0n) is 13.1. The molecular formula is C13H15ClN10O2. The topological polar surface area (TPSA) is 216 Å². The lowest BCUT2D eigenvalue weighted by atomic mass is 10.3. The van der Waals surface area contributed by atoms with Crippen molar-refractivity contribution in [3.8, 4) is 5.75 Å². The molecule has 0 saturated heterocycles. The van der Waals surface area contributed by atoms with Crippen molar-refractivity contribution in [2.45, 2.75) is 0 Å². The molecule has 0 fully saturated rings. The maximum absolute atomic E-state index is 12.0. The second-order valence-corrected chi connectivity index (χ2v) is 5.06. The number of hydrazine groups is 1. The average molecular weight is 379 g/mol. The highest BCUT2D eigenvalue weighted by Gasteiger charge is 2.15. The third kappa shape index (κ3) is 4.85. The maximum atomic E-state index is 12.0. The first kappa shape index (κ1) is 18.5. The molecule has 1 amide bonds. The molecule has 0 spiro atoms. The highest BCUT2D eigenvalue weighted by atomic mass is 35.5. The molecule has 0 atom stereocenters. The summed E-state index contributed by atoms with van der Waals surface area (Å²) in [4.78, 5) is 27.0. The van der Waals surface area contributed by atoms with Gasteiger partial charge in [-0.05, 0) is 12.1 Å². The fraction of sp³-hybridized carbons (Fsp3) is 0. The number of benzene rings is 1. The van der Waals surface area contributed by atoms with Crippen LogP contribution in [0.3, 0.4) is 0 Å². The van der Waals surface area contributed by atoms with Gasteiger partial charge in [0.2, 0.25) is 11.9 Å².